The van der Waals surface area contributed by atoms with E-state index in [-0.39, 0.29) is 36.6 Å². The van der Waals surface area contributed by atoms with Crippen molar-refractivity contribution in [3.05, 3.63) is 89.0 Å². The van der Waals surface area contributed by atoms with Crippen LogP contribution in [0.15, 0.2) is 66.7 Å². The normalized spacial score (nSPS) is 17.1. The number of esters is 1. The van der Waals surface area contributed by atoms with E-state index in [1.807, 2.05) is 30.3 Å². The van der Waals surface area contributed by atoms with Crippen LogP contribution in [0.3, 0.4) is 0 Å². The molecule has 0 N–H and O–H groups in total. The number of benzene rings is 3. The Morgan fingerprint density at radius 2 is 1.72 bits per heavy atom. The molecule has 2 atom stereocenters. The quantitative estimate of drug-likeness (QED) is 0.280. The molecule has 0 radical (unpaired) electrons. The molecule has 1 saturated heterocycles. The van der Waals surface area contributed by atoms with Gasteiger partial charge in [-0.3, -0.25) is 9.69 Å². The fourth-order valence-electron chi connectivity index (χ4n) is 4.37. The number of nitrogens with zero attached hydrogens (tertiary/aromatic N) is 1. The molecule has 10 heteroatoms. The number of rotatable bonds is 9. The fraction of sp³-hybridized carbons (Fsp3) is 0.310. The van der Waals surface area contributed by atoms with Gasteiger partial charge in [-0.2, -0.15) is 13.2 Å². The fourth-order valence-corrected chi connectivity index (χ4v) is 4.37. The van der Waals surface area contributed by atoms with Crippen LogP contribution < -0.4 is 9.47 Å². The van der Waals surface area contributed by atoms with Crippen molar-refractivity contribution in [3.63, 3.8) is 0 Å². The predicted molar refractivity (Wildman–Crippen MR) is 136 cm³/mol. The second kappa shape index (κ2) is 11.7. The standard InChI is InChI=1S/C29H28F3NO6/c1-4-37-26(34)15-19-10-12-24(36-3)25(14-19)38-23-13-11-22(29(30,31)32)16-21(23)17-33-18(2)27(39-28(33)35)20-8-6-5-7-9-20/h5-14,16,18,27H,4,15,17H2,1-3H3/t18-,27-/m1/s1. The van der Waals surface area contributed by atoms with Gasteiger partial charge in [0.15, 0.2) is 11.5 Å². The minimum absolute atomic E-state index is 0.0218. The average Bonchev–Trinajstić information content (AvgIpc) is 3.18. The molecule has 1 amide bonds. The van der Waals surface area contributed by atoms with E-state index in [4.69, 9.17) is 18.9 Å². The first kappa shape index (κ1) is 27.8. The number of halogens is 3. The molecule has 39 heavy (non-hydrogen) atoms. The SMILES string of the molecule is CCOC(=O)Cc1ccc(OC)c(Oc2ccc(C(F)(F)F)cc2CN2C(=O)O[C@@H](c3ccccc3)[C@H]2C)c1. The lowest BCUT2D eigenvalue weighted by atomic mass is 10.0. The minimum atomic E-state index is -4.60. The third-order valence-electron chi connectivity index (χ3n) is 6.35. The Balaban J connectivity index is 1.66. The van der Waals surface area contributed by atoms with Gasteiger partial charge in [0, 0.05) is 5.56 Å². The molecule has 0 bridgehead atoms. The van der Waals surface area contributed by atoms with Crippen molar-refractivity contribution in [1.29, 1.82) is 0 Å². The van der Waals surface area contributed by atoms with Crippen molar-refractivity contribution >= 4 is 12.1 Å². The summed E-state index contributed by atoms with van der Waals surface area (Å²) in [5, 5.41) is 0. The molecular formula is C29H28F3NO6. The third-order valence-corrected chi connectivity index (χ3v) is 6.35. The predicted octanol–water partition coefficient (Wildman–Crippen LogP) is 6.69. The molecular weight excluding hydrogens is 515 g/mol. The highest BCUT2D eigenvalue weighted by Gasteiger charge is 2.40. The summed E-state index contributed by atoms with van der Waals surface area (Å²) < 4.78 is 62.8. The van der Waals surface area contributed by atoms with Crippen LogP contribution in [0.2, 0.25) is 0 Å². The number of ether oxygens (including phenoxy) is 4. The molecule has 0 unspecified atom stereocenters. The van der Waals surface area contributed by atoms with Gasteiger partial charge in [0.05, 0.1) is 38.3 Å². The number of methoxy groups -OCH3 is 1. The molecule has 4 rings (SSSR count). The molecule has 206 valence electrons. The smallest absolute Gasteiger partial charge is 0.416 e. The van der Waals surface area contributed by atoms with Crippen LogP contribution in [0.25, 0.3) is 0 Å². The first-order chi connectivity index (χ1) is 18.6. The van der Waals surface area contributed by atoms with Gasteiger partial charge >= 0.3 is 18.2 Å². The van der Waals surface area contributed by atoms with Crippen LogP contribution in [0.4, 0.5) is 18.0 Å². The van der Waals surface area contributed by atoms with Crippen LogP contribution in [0, 0.1) is 0 Å². The van der Waals surface area contributed by atoms with E-state index < -0.39 is 35.9 Å². The largest absolute Gasteiger partial charge is 0.493 e. The lowest BCUT2D eigenvalue weighted by molar-refractivity contribution is -0.142. The molecule has 0 aromatic heterocycles. The number of hydrogen-bond donors (Lipinski definition) is 0. The Kier molecular flexibility index (Phi) is 8.32. The summed E-state index contributed by atoms with van der Waals surface area (Å²) in [5.74, 6) is 0.169. The van der Waals surface area contributed by atoms with Crippen LogP contribution >= 0.6 is 0 Å². The van der Waals surface area contributed by atoms with Gasteiger partial charge in [-0.1, -0.05) is 36.4 Å². The maximum Gasteiger partial charge on any atom is 0.416 e. The zero-order chi connectivity index (χ0) is 28.2. The van der Waals surface area contributed by atoms with E-state index in [0.29, 0.717) is 11.3 Å². The van der Waals surface area contributed by atoms with Gasteiger partial charge in [0.1, 0.15) is 11.9 Å². The van der Waals surface area contributed by atoms with Crippen molar-refractivity contribution in [2.75, 3.05) is 13.7 Å². The second-order valence-corrected chi connectivity index (χ2v) is 8.97. The Labute approximate surface area is 224 Å². The number of amides is 1. The van der Waals surface area contributed by atoms with E-state index in [9.17, 15) is 22.8 Å². The highest BCUT2D eigenvalue weighted by atomic mass is 19.4. The summed E-state index contributed by atoms with van der Waals surface area (Å²) >= 11 is 0. The van der Waals surface area contributed by atoms with Crippen molar-refractivity contribution < 1.29 is 41.7 Å². The van der Waals surface area contributed by atoms with Crippen LogP contribution in [0.5, 0.6) is 17.2 Å². The summed E-state index contributed by atoms with van der Waals surface area (Å²) in [6, 6.07) is 16.6. The summed E-state index contributed by atoms with van der Waals surface area (Å²) in [5.41, 5.74) is 0.595. The van der Waals surface area contributed by atoms with Gasteiger partial charge in [-0.05, 0) is 55.3 Å². The van der Waals surface area contributed by atoms with E-state index in [1.54, 1.807) is 32.0 Å². The van der Waals surface area contributed by atoms with Gasteiger partial charge < -0.3 is 18.9 Å². The molecule has 0 saturated carbocycles. The Bertz CT molecular complexity index is 1330. The minimum Gasteiger partial charge on any atom is -0.493 e. The van der Waals surface area contributed by atoms with Crippen LogP contribution in [0.1, 0.15) is 42.2 Å². The molecule has 1 aliphatic rings. The molecule has 0 spiro atoms. The van der Waals surface area contributed by atoms with E-state index in [1.165, 1.54) is 18.1 Å². The molecule has 3 aromatic carbocycles. The maximum atomic E-state index is 13.6. The second-order valence-electron chi connectivity index (χ2n) is 8.97. The van der Waals surface area contributed by atoms with Crippen molar-refractivity contribution in [3.8, 4) is 17.2 Å². The highest BCUT2D eigenvalue weighted by Crippen LogP contribution is 2.40. The zero-order valence-corrected chi connectivity index (χ0v) is 21.7. The molecule has 3 aromatic rings. The summed E-state index contributed by atoms with van der Waals surface area (Å²) in [4.78, 5) is 26.1. The number of hydrogen-bond acceptors (Lipinski definition) is 6. The topological polar surface area (TPSA) is 74.3 Å². The van der Waals surface area contributed by atoms with E-state index in [0.717, 1.165) is 17.7 Å². The lowest BCUT2D eigenvalue weighted by Gasteiger charge is -2.23. The van der Waals surface area contributed by atoms with Crippen molar-refractivity contribution in [2.45, 2.75) is 45.1 Å². The first-order valence-corrected chi connectivity index (χ1v) is 12.3. The van der Waals surface area contributed by atoms with Gasteiger partial charge in [-0.25, -0.2) is 4.79 Å². The Morgan fingerprint density at radius 3 is 2.38 bits per heavy atom. The highest BCUT2D eigenvalue weighted by molar-refractivity contribution is 5.73. The maximum absolute atomic E-state index is 13.6. The van der Waals surface area contributed by atoms with Crippen LogP contribution in [-0.4, -0.2) is 36.7 Å². The zero-order valence-electron chi connectivity index (χ0n) is 21.7. The molecule has 1 aliphatic heterocycles. The van der Waals surface area contributed by atoms with E-state index >= 15 is 0 Å². The molecule has 7 nitrogen and oxygen atoms in total. The third kappa shape index (κ3) is 6.45. The summed E-state index contributed by atoms with van der Waals surface area (Å²) in [6.45, 7) is 3.52. The first-order valence-electron chi connectivity index (χ1n) is 12.3. The summed E-state index contributed by atoms with van der Waals surface area (Å²) in [6.07, 6.45) is -5.84. The van der Waals surface area contributed by atoms with E-state index in [2.05, 4.69) is 0 Å². The Hall–Kier alpha value is -4.21. The van der Waals surface area contributed by atoms with Crippen molar-refractivity contribution in [2.24, 2.45) is 0 Å². The monoisotopic (exact) mass is 543 g/mol. The van der Waals surface area contributed by atoms with Gasteiger partial charge in [-0.15, -0.1) is 0 Å². The molecule has 0 aliphatic carbocycles. The van der Waals surface area contributed by atoms with Gasteiger partial charge in [0.2, 0.25) is 0 Å². The average molecular weight is 544 g/mol. The lowest BCUT2D eigenvalue weighted by Crippen LogP contribution is -2.31. The molecule has 1 fully saturated rings. The van der Waals surface area contributed by atoms with Crippen LogP contribution in [-0.2, 0) is 33.4 Å². The number of alkyl halides is 3. The number of carbonyl (C=O) groups excluding carboxylic acids is 2. The van der Waals surface area contributed by atoms with Gasteiger partial charge in [0.25, 0.3) is 0 Å². The number of cyclic esters (lactones) is 1. The summed E-state index contributed by atoms with van der Waals surface area (Å²) in [7, 11) is 1.42. The Morgan fingerprint density at radius 1 is 1.00 bits per heavy atom. The van der Waals surface area contributed by atoms with Crippen molar-refractivity contribution in [1.82, 2.24) is 4.90 Å². The molecule has 1 heterocycles. The number of carbonyl (C=O) groups is 2.